The van der Waals surface area contributed by atoms with Gasteiger partial charge in [0.2, 0.25) is 45.0 Å². The fraction of sp³-hybridized carbons (Fsp3) is 0.471. The number of ether oxygens (including phenoxy) is 4. The Bertz CT molecular complexity index is 4950. The lowest BCUT2D eigenvalue weighted by Crippen LogP contribution is -2.57. The molecule has 1 fully saturated rings. The molecule has 0 spiro atoms. The molecule has 5 aromatic carbocycles. The van der Waals surface area contributed by atoms with Gasteiger partial charge in [0, 0.05) is 122 Å². The molecular weight excluding hydrogens is 1680 g/mol. The second-order valence-electron chi connectivity index (χ2n) is 33.5. The molecule has 1 unspecified atom stereocenters. The number of nitrogens with zero attached hydrogens (tertiary/aromatic N) is 6. The number of sulfonamides is 1. The molecule has 37 nitrogen and oxygen atoms in total. The molecule has 125 heavy (non-hydrogen) atoms. The molecular formula is C85H118N14O23S3. The third-order valence-corrected chi connectivity index (χ3v) is 22.8. The molecule has 0 saturated carbocycles. The highest BCUT2D eigenvalue weighted by atomic mass is 32.3. The largest absolute Gasteiger partial charge is 0.494 e. The van der Waals surface area contributed by atoms with Gasteiger partial charge < -0.3 is 93.2 Å². The van der Waals surface area contributed by atoms with Crippen LogP contribution in [0.5, 0.6) is 5.75 Å². The highest BCUT2D eigenvalue weighted by Crippen LogP contribution is 2.43. The highest BCUT2D eigenvalue weighted by Gasteiger charge is 2.41. The molecule has 0 radical (unpaired) electrons. The Morgan fingerprint density at radius 1 is 0.600 bits per heavy atom. The number of carbonyl (C=O) groups is 9. The number of amides is 5. The number of hydrogen-bond acceptors (Lipinski definition) is 28. The first-order chi connectivity index (χ1) is 58.5. The van der Waals surface area contributed by atoms with Gasteiger partial charge >= 0.3 is 23.9 Å². The van der Waals surface area contributed by atoms with Crippen molar-refractivity contribution < 1.29 is 103 Å². The first-order valence-corrected chi connectivity index (χ1v) is 45.4. The molecule has 1 aliphatic heterocycles. The van der Waals surface area contributed by atoms with Gasteiger partial charge in [-0.2, -0.15) is 4.72 Å². The van der Waals surface area contributed by atoms with Crippen LogP contribution in [0.3, 0.4) is 0 Å². The van der Waals surface area contributed by atoms with Gasteiger partial charge in [0.15, 0.2) is 0 Å². The smallest absolute Gasteiger partial charge is 0.323 e. The zero-order valence-corrected chi connectivity index (χ0v) is 74.8. The molecule has 3 heterocycles. The van der Waals surface area contributed by atoms with Crippen LogP contribution in [-0.4, -0.2) is 267 Å². The van der Waals surface area contributed by atoms with Crippen molar-refractivity contribution in [2.24, 2.45) is 7.05 Å². The number of pyridine rings is 1. The SMILES string of the molecule is Cc1cc(OCCCC(=O)NCCNC(=O)[C@H](CS(O)(O)O)NC(=O)[C@H](CS(O)(O)O)NC(=O)CC2CN(CC(=O)OC(C)(C)C)CCN(CC(=O)OC(C)(C)C)CCN(CC(=O)OC(C)(C)C)CCN2)cc(C)c1S(=O)(=O)N[C@@H](CNC(=O)c1cn(C)c2cc(CNc3nccn3C(c3ccccc3)(c3ccccc3)c3ccccc3)ccc2c1=O)C(=O)O. The van der Waals surface area contributed by atoms with Crippen LogP contribution in [0.4, 0.5) is 5.95 Å². The van der Waals surface area contributed by atoms with E-state index in [2.05, 4.69) is 82.9 Å². The van der Waals surface area contributed by atoms with Crippen LogP contribution in [-0.2, 0) is 81.7 Å². The third-order valence-electron chi connectivity index (χ3n) is 19.5. The maximum atomic E-state index is 14.2. The van der Waals surface area contributed by atoms with Crippen molar-refractivity contribution in [3.05, 3.63) is 189 Å². The monoisotopic (exact) mass is 1800 g/mol. The summed E-state index contributed by atoms with van der Waals surface area (Å²) in [5, 5.41) is 29.0. The first-order valence-electron chi connectivity index (χ1n) is 40.6. The van der Waals surface area contributed by atoms with E-state index >= 15 is 0 Å². The lowest BCUT2D eigenvalue weighted by Gasteiger charge is -2.38. The maximum absolute atomic E-state index is 14.2. The van der Waals surface area contributed by atoms with E-state index in [9.17, 15) is 88.8 Å². The summed E-state index contributed by atoms with van der Waals surface area (Å²) in [6.45, 7) is 17.5. The summed E-state index contributed by atoms with van der Waals surface area (Å²) in [7, 11) is -12.2. The van der Waals surface area contributed by atoms with Crippen molar-refractivity contribution in [3.8, 4) is 5.75 Å². The Hall–Kier alpha value is -10.4. The van der Waals surface area contributed by atoms with E-state index < -0.39 is 162 Å². The summed E-state index contributed by atoms with van der Waals surface area (Å²) in [5.41, 5.74) is 0.176. The van der Waals surface area contributed by atoms with E-state index in [0.29, 0.717) is 11.5 Å². The Balaban J connectivity index is 0.826. The molecule has 1 saturated heterocycles. The molecule has 5 amide bonds. The van der Waals surface area contributed by atoms with Crippen LogP contribution in [0, 0.1) is 13.8 Å². The van der Waals surface area contributed by atoms with Crippen LogP contribution in [0.15, 0.2) is 150 Å². The van der Waals surface area contributed by atoms with Crippen LogP contribution in [0.1, 0.15) is 125 Å². The van der Waals surface area contributed by atoms with Crippen molar-refractivity contribution in [2.75, 3.05) is 109 Å². The fourth-order valence-electron chi connectivity index (χ4n) is 14.3. The summed E-state index contributed by atoms with van der Waals surface area (Å²) in [4.78, 5) is 145. The lowest BCUT2D eigenvalue weighted by molar-refractivity contribution is -0.158. The van der Waals surface area contributed by atoms with E-state index in [1.165, 1.54) is 32.2 Å². The van der Waals surface area contributed by atoms with Gasteiger partial charge in [-0.1, -0.05) is 97.1 Å². The lowest BCUT2D eigenvalue weighted by atomic mass is 9.76. The molecule has 0 aliphatic carbocycles. The standard InChI is InChI=1S/C85H118N14O23S3/c1-56-43-63(44-57(2)76(56)125(117,118)94-66(80(109)110)48-90-77(106)65-50-95(12)69-45-58(30-31-64(69)75(65)105)47-91-81-89-35-37-99(81)85(59-23-16-13-17-24-59,60-25-18-14-19-26-60)61-27-20-15-21-28-61)119-42-22-29-70(100)87-32-33-88-78(107)67(54-123(111,112)113)93-79(108)68(55-124(114,115)116)92-71(101)46-62-49-98(53-74(104)122-84(9,10)11)41-40-97(52-73(103)121-83(6,7)8)39-38-96(36-34-86-62)51-72(102)120-82(3,4)5/h13-21,23-28,30-31,35,37,43-45,50,62,66-68,86,94,111-116H,22,29,32-34,36,38-42,46-49,51-55H2,1-12H3,(H,87,100)(H,88,107)(H,89,91)(H,90,106)(H,92,101)(H,93,108)(H,109,110)/t62?,66-,67-,68-/m0/s1. The van der Waals surface area contributed by atoms with E-state index in [4.69, 9.17) is 23.9 Å². The van der Waals surface area contributed by atoms with Crippen molar-refractivity contribution >= 4 is 102 Å². The highest BCUT2D eigenvalue weighted by molar-refractivity contribution is 8.19. The third kappa shape index (κ3) is 31.3. The zero-order valence-electron chi connectivity index (χ0n) is 72.3. The molecule has 15 N–H and O–H groups in total. The molecule has 7 aromatic rings. The molecule has 0 bridgehead atoms. The van der Waals surface area contributed by atoms with Gasteiger partial charge in [-0.3, -0.25) is 67.2 Å². The number of benzene rings is 5. The van der Waals surface area contributed by atoms with Crippen LogP contribution in [0.2, 0.25) is 0 Å². The number of esters is 3. The Morgan fingerprint density at radius 3 is 1.61 bits per heavy atom. The van der Waals surface area contributed by atoms with E-state index in [-0.39, 0.29) is 137 Å². The Kier molecular flexibility index (Phi) is 35.3. The maximum Gasteiger partial charge on any atom is 0.323 e. The van der Waals surface area contributed by atoms with Gasteiger partial charge in [0.1, 0.15) is 51.8 Å². The van der Waals surface area contributed by atoms with E-state index in [1.807, 2.05) is 60.8 Å². The number of aryl methyl sites for hydroxylation is 3. The molecule has 40 heteroatoms. The topological polar surface area (TPSA) is 512 Å². The predicted octanol–water partition coefficient (Wildman–Crippen LogP) is 6.07. The van der Waals surface area contributed by atoms with Gasteiger partial charge in [0.05, 0.1) is 69.9 Å². The summed E-state index contributed by atoms with van der Waals surface area (Å²) in [6, 6.07) is 31.4. The van der Waals surface area contributed by atoms with Crippen LogP contribution in [0.25, 0.3) is 10.9 Å². The van der Waals surface area contributed by atoms with Crippen LogP contribution >= 0.6 is 21.7 Å². The fourth-order valence-corrected chi connectivity index (χ4v) is 17.3. The van der Waals surface area contributed by atoms with Crippen molar-refractivity contribution in [3.63, 3.8) is 0 Å². The number of nitrogens with one attached hydrogen (secondary N) is 8. The molecule has 684 valence electrons. The minimum absolute atomic E-state index is 0.0635. The first kappa shape index (κ1) is 100.0. The Labute approximate surface area is 730 Å². The normalized spacial score (nSPS) is 15.6. The average Bonchev–Trinajstić information content (AvgIpc) is 1.72. The van der Waals surface area contributed by atoms with Crippen molar-refractivity contribution in [1.29, 1.82) is 0 Å². The van der Waals surface area contributed by atoms with Gasteiger partial charge in [0.25, 0.3) is 5.91 Å². The number of carbonyl (C=O) groups excluding carboxylic acids is 8. The number of hydrogen-bond donors (Lipinski definition) is 15. The minimum Gasteiger partial charge on any atom is -0.494 e. The van der Waals surface area contributed by atoms with E-state index in [0.717, 1.165) is 22.3 Å². The predicted molar refractivity (Wildman–Crippen MR) is 472 cm³/mol. The number of carboxylic acid groups (broad SMARTS) is 1. The number of imidazole rings is 1. The van der Waals surface area contributed by atoms with Crippen molar-refractivity contribution in [1.82, 2.24) is 65.4 Å². The van der Waals surface area contributed by atoms with Gasteiger partial charge in [-0.05, 0) is 140 Å². The van der Waals surface area contributed by atoms with Gasteiger partial charge in [-0.15, -0.1) is 0 Å². The van der Waals surface area contributed by atoms with Crippen molar-refractivity contribution in [2.45, 2.75) is 153 Å². The second kappa shape index (κ2) is 44.1. The summed E-state index contributed by atoms with van der Waals surface area (Å²) < 4.78 is 118. The summed E-state index contributed by atoms with van der Waals surface area (Å²) in [6.07, 6.45) is 4.42. The molecule has 4 atom stereocenters. The molecule has 2 aromatic heterocycles. The number of anilines is 1. The number of carboxylic acids is 1. The molecule has 8 rings (SSSR count). The number of fused-ring (bicyclic) bond motifs is 1. The Morgan fingerprint density at radius 2 is 1.10 bits per heavy atom. The quantitative estimate of drug-likeness (QED) is 0.00904. The van der Waals surface area contributed by atoms with Crippen LogP contribution < -0.4 is 52.1 Å². The van der Waals surface area contributed by atoms with Gasteiger partial charge in [-0.25, -0.2) is 13.4 Å². The minimum atomic E-state index is -4.64. The number of rotatable bonds is 38. The summed E-state index contributed by atoms with van der Waals surface area (Å²) >= 11 is 0. The van der Waals surface area contributed by atoms with E-state index in [1.54, 1.807) is 113 Å². The average molecular weight is 1800 g/mol. The number of aliphatic carboxylic acids is 1. The zero-order chi connectivity index (χ0) is 92.0. The second-order valence-corrected chi connectivity index (χ2v) is 38.3. The molecule has 1 aliphatic rings. The number of aromatic nitrogens is 3. The summed E-state index contributed by atoms with van der Waals surface area (Å²) in [5.74, 6) is -10.0.